The van der Waals surface area contributed by atoms with E-state index >= 15 is 0 Å². The van der Waals surface area contributed by atoms with Crippen molar-refractivity contribution in [1.29, 1.82) is 0 Å². The lowest BCUT2D eigenvalue weighted by atomic mass is 9.99. The van der Waals surface area contributed by atoms with Crippen LogP contribution in [0.25, 0.3) is 0 Å². The van der Waals surface area contributed by atoms with Gasteiger partial charge >= 0.3 is 5.97 Å². The van der Waals surface area contributed by atoms with E-state index in [1.807, 2.05) is 24.3 Å². The van der Waals surface area contributed by atoms with Crippen molar-refractivity contribution in [3.8, 4) is 0 Å². The highest BCUT2D eigenvalue weighted by Crippen LogP contribution is 2.31. The Kier molecular flexibility index (Phi) is 5.10. The number of benzene rings is 2. The van der Waals surface area contributed by atoms with Gasteiger partial charge in [0.15, 0.2) is 6.67 Å². The molecule has 28 heavy (non-hydrogen) atoms. The number of fused-ring (bicyclic) bond motifs is 1. The smallest absolute Gasteiger partial charge is 0.303 e. The van der Waals surface area contributed by atoms with Gasteiger partial charge in [0.05, 0.1) is 6.54 Å². The lowest BCUT2D eigenvalue weighted by Gasteiger charge is -2.37. The normalized spacial score (nSPS) is 22.3. The molecule has 0 bridgehead atoms. The second-order valence-electron chi connectivity index (χ2n) is 8.02. The summed E-state index contributed by atoms with van der Waals surface area (Å²) in [4.78, 5) is 15.2. The first-order chi connectivity index (χ1) is 13.4. The molecule has 2 heterocycles. The molecule has 6 nitrogen and oxygen atoms in total. The van der Waals surface area contributed by atoms with Crippen molar-refractivity contribution in [2.45, 2.75) is 25.8 Å². The number of hydroxylamine groups is 2. The van der Waals surface area contributed by atoms with Crippen LogP contribution >= 0.6 is 0 Å². The zero-order chi connectivity index (χ0) is 19.7. The molecule has 1 saturated heterocycles. The van der Waals surface area contributed by atoms with E-state index in [4.69, 9.17) is 5.11 Å². The highest BCUT2D eigenvalue weighted by atomic mass is 16.6. The second-order valence-corrected chi connectivity index (χ2v) is 8.02. The van der Waals surface area contributed by atoms with Crippen LogP contribution in [0.1, 0.15) is 23.1 Å². The molecular weight excluding hydrogens is 354 g/mol. The van der Waals surface area contributed by atoms with Crippen molar-refractivity contribution < 1.29 is 9.90 Å². The Morgan fingerprint density at radius 2 is 1.93 bits per heavy atom. The van der Waals surface area contributed by atoms with E-state index in [0.29, 0.717) is 19.6 Å². The third-order valence-corrected chi connectivity index (χ3v) is 5.92. The van der Waals surface area contributed by atoms with Crippen molar-refractivity contribution >= 4 is 17.3 Å². The quantitative estimate of drug-likeness (QED) is 0.637. The second kappa shape index (κ2) is 7.54. The standard InChI is InChI=1S/C22H27N3O3/c1-23-11-10-18-14-20(6-5-19(18)15-23)24-12-13-25(28,16-24)21-7-2-17(3-8-21)4-9-22(26)27/h2-3,5-8,14H,4,9-13,15-16H2,1H3,(H,26,27). The van der Waals surface area contributed by atoms with E-state index in [0.717, 1.165) is 43.0 Å². The van der Waals surface area contributed by atoms with Crippen molar-refractivity contribution in [1.82, 2.24) is 9.55 Å². The van der Waals surface area contributed by atoms with Gasteiger partial charge in [-0.15, -0.1) is 0 Å². The van der Waals surface area contributed by atoms with Gasteiger partial charge in [0.25, 0.3) is 0 Å². The van der Waals surface area contributed by atoms with Crippen LogP contribution in [-0.4, -0.2) is 49.3 Å². The number of hydrogen-bond acceptors (Lipinski definition) is 4. The monoisotopic (exact) mass is 381 g/mol. The molecule has 6 heteroatoms. The fraction of sp³-hybridized carbons (Fsp3) is 0.409. The predicted molar refractivity (Wildman–Crippen MR) is 111 cm³/mol. The molecule has 1 N–H and O–H groups in total. The van der Waals surface area contributed by atoms with Crippen LogP contribution in [0.4, 0.5) is 11.4 Å². The van der Waals surface area contributed by atoms with Gasteiger partial charge in [0.1, 0.15) is 12.2 Å². The number of hydrogen-bond donors (Lipinski definition) is 1. The van der Waals surface area contributed by atoms with Crippen LogP contribution in [0.3, 0.4) is 0 Å². The number of carboxylic acid groups (broad SMARTS) is 1. The Hall–Kier alpha value is -2.41. The van der Waals surface area contributed by atoms with Gasteiger partial charge in [-0.3, -0.25) is 4.79 Å². The van der Waals surface area contributed by atoms with E-state index in [1.165, 1.54) is 11.1 Å². The summed E-state index contributed by atoms with van der Waals surface area (Å²) in [5.41, 5.74) is 5.61. The summed E-state index contributed by atoms with van der Waals surface area (Å²) in [6, 6.07) is 14.1. The first-order valence-corrected chi connectivity index (χ1v) is 9.88. The van der Waals surface area contributed by atoms with Crippen molar-refractivity contribution in [2.24, 2.45) is 0 Å². The molecule has 0 aromatic heterocycles. The molecule has 0 radical (unpaired) electrons. The fourth-order valence-electron chi connectivity index (χ4n) is 4.18. The lowest BCUT2D eigenvalue weighted by molar-refractivity contribution is -0.136. The number of aliphatic carboxylic acids is 1. The zero-order valence-corrected chi connectivity index (χ0v) is 16.3. The minimum atomic E-state index is -0.803. The van der Waals surface area contributed by atoms with E-state index in [-0.39, 0.29) is 11.1 Å². The number of nitrogens with zero attached hydrogens (tertiary/aromatic N) is 3. The summed E-state index contributed by atoms with van der Waals surface area (Å²) < 4.78 is -0.362. The number of aryl methyl sites for hydroxylation is 1. The molecule has 2 aliphatic rings. The van der Waals surface area contributed by atoms with Gasteiger partial charge in [-0.05, 0) is 60.8 Å². The summed E-state index contributed by atoms with van der Waals surface area (Å²) >= 11 is 0. The lowest BCUT2D eigenvalue weighted by Crippen LogP contribution is -2.42. The highest BCUT2D eigenvalue weighted by molar-refractivity contribution is 5.67. The van der Waals surface area contributed by atoms with Crippen LogP contribution < -0.4 is 9.55 Å². The number of anilines is 1. The molecule has 0 saturated carbocycles. The number of rotatable bonds is 5. The molecule has 1 atom stereocenters. The van der Waals surface area contributed by atoms with Crippen molar-refractivity contribution in [3.05, 3.63) is 64.4 Å². The van der Waals surface area contributed by atoms with Crippen LogP contribution in [0, 0.1) is 5.21 Å². The summed E-state index contributed by atoms with van der Waals surface area (Å²) in [6.45, 7) is 3.74. The van der Waals surface area contributed by atoms with E-state index < -0.39 is 5.97 Å². The summed E-state index contributed by atoms with van der Waals surface area (Å²) in [5, 5.41) is 22.2. The van der Waals surface area contributed by atoms with Gasteiger partial charge in [-0.25, -0.2) is 0 Å². The summed E-state index contributed by atoms with van der Waals surface area (Å²) in [6.07, 6.45) is 1.66. The van der Waals surface area contributed by atoms with Gasteiger partial charge < -0.3 is 24.8 Å². The molecule has 2 aromatic rings. The molecule has 0 spiro atoms. The van der Waals surface area contributed by atoms with Gasteiger partial charge in [-0.1, -0.05) is 18.2 Å². The zero-order valence-electron chi connectivity index (χ0n) is 16.3. The predicted octanol–water partition coefficient (Wildman–Crippen LogP) is 2.97. The van der Waals surface area contributed by atoms with E-state index in [1.54, 1.807) is 0 Å². The van der Waals surface area contributed by atoms with Crippen molar-refractivity contribution in [3.63, 3.8) is 0 Å². The Morgan fingerprint density at radius 3 is 2.68 bits per heavy atom. The molecule has 4 rings (SSSR count). The SMILES string of the molecule is CN1CCc2cc(N3CC[N+]([O-])(c4ccc(CCC(=O)O)cc4)C3)ccc2C1. The average molecular weight is 381 g/mol. The first kappa shape index (κ1) is 18.9. The van der Waals surface area contributed by atoms with Gasteiger partial charge in [0.2, 0.25) is 0 Å². The third-order valence-electron chi connectivity index (χ3n) is 5.92. The molecule has 1 fully saturated rings. The maximum Gasteiger partial charge on any atom is 0.303 e. The first-order valence-electron chi connectivity index (χ1n) is 9.88. The molecule has 2 aliphatic heterocycles. The molecule has 0 amide bonds. The number of carbonyl (C=O) groups is 1. The third kappa shape index (κ3) is 3.90. The maximum absolute atomic E-state index is 13.4. The van der Waals surface area contributed by atoms with Gasteiger partial charge in [-0.2, -0.15) is 0 Å². The Morgan fingerprint density at radius 1 is 1.14 bits per heavy atom. The van der Waals surface area contributed by atoms with Crippen LogP contribution in [-0.2, 0) is 24.2 Å². The largest absolute Gasteiger partial charge is 0.626 e. The van der Waals surface area contributed by atoms with Crippen LogP contribution in [0.15, 0.2) is 42.5 Å². The molecule has 148 valence electrons. The number of likely N-dealkylation sites (N-methyl/N-ethyl adjacent to an activating group) is 1. The minimum Gasteiger partial charge on any atom is -0.626 e. The average Bonchev–Trinajstić information content (AvgIpc) is 3.10. The summed E-state index contributed by atoms with van der Waals surface area (Å²) in [7, 11) is 2.15. The maximum atomic E-state index is 13.4. The summed E-state index contributed by atoms with van der Waals surface area (Å²) in [5.74, 6) is -0.803. The van der Waals surface area contributed by atoms with Crippen LogP contribution in [0.2, 0.25) is 0 Å². The number of quaternary nitrogens is 1. The van der Waals surface area contributed by atoms with E-state index in [9.17, 15) is 10.0 Å². The van der Waals surface area contributed by atoms with Crippen molar-refractivity contribution in [2.75, 3.05) is 38.3 Å². The Labute approximate surface area is 165 Å². The molecule has 2 aromatic carbocycles. The Bertz CT molecular complexity index is 868. The van der Waals surface area contributed by atoms with E-state index in [2.05, 4.69) is 35.0 Å². The topological polar surface area (TPSA) is 66.8 Å². The molecule has 0 aliphatic carbocycles. The van der Waals surface area contributed by atoms with Crippen LogP contribution in [0.5, 0.6) is 0 Å². The fourth-order valence-corrected chi connectivity index (χ4v) is 4.18. The van der Waals surface area contributed by atoms with Gasteiger partial charge in [0, 0.05) is 25.2 Å². The minimum absolute atomic E-state index is 0.110. The number of carboxylic acids is 1. The molecular formula is C22H27N3O3. The molecule has 1 unspecified atom stereocenters. The highest BCUT2D eigenvalue weighted by Gasteiger charge is 2.32. The Balaban J connectivity index is 1.46.